The molecule has 0 amide bonds. The molecule has 0 radical (unpaired) electrons. The van der Waals surface area contributed by atoms with Crippen molar-refractivity contribution in [2.75, 3.05) is 0 Å². The Labute approximate surface area is 79.7 Å². The van der Waals surface area contributed by atoms with Crippen molar-refractivity contribution >= 4 is 22.6 Å². The highest BCUT2D eigenvalue weighted by Crippen LogP contribution is 2.21. The van der Waals surface area contributed by atoms with Gasteiger partial charge in [-0.25, -0.2) is 4.39 Å². The van der Waals surface area contributed by atoms with Crippen LogP contribution in [0.5, 0.6) is 0 Å². The predicted octanol–water partition coefficient (Wildman–Crippen LogP) is 2.99. The molecular formula is C8H11FIN. The van der Waals surface area contributed by atoms with E-state index in [0.29, 0.717) is 3.70 Å². The molecule has 1 rings (SSSR count). The topological polar surface area (TPSA) is 4.93 Å². The Morgan fingerprint density at radius 1 is 1.45 bits per heavy atom. The summed E-state index contributed by atoms with van der Waals surface area (Å²) in [7, 11) is 0. The smallest absolute Gasteiger partial charge is 0.154 e. The van der Waals surface area contributed by atoms with Crippen LogP contribution in [0.15, 0.2) is 12.3 Å². The SMILES string of the molecule is CC(C)(C)n1ccc(F)c1I. The van der Waals surface area contributed by atoms with E-state index < -0.39 is 0 Å². The summed E-state index contributed by atoms with van der Waals surface area (Å²) in [5.74, 6) is -0.138. The lowest BCUT2D eigenvalue weighted by atomic mass is 10.1. The highest BCUT2D eigenvalue weighted by molar-refractivity contribution is 14.1. The van der Waals surface area contributed by atoms with E-state index in [-0.39, 0.29) is 11.4 Å². The van der Waals surface area contributed by atoms with Crippen molar-refractivity contribution in [2.24, 2.45) is 0 Å². The van der Waals surface area contributed by atoms with Crippen LogP contribution in [-0.2, 0) is 5.54 Å². The predicted molar refractivity (Wildman–Crippen MR) is 52.1 cm³/mol. The molecule has 0 aliphatic carbocycles. The van der Waals surface area contributed by atoms with Crippen molar-refractivity contribution in [3.05, 3.63) is 21.8 Å². The van der Waals surface area contributed by atoms with E-state index in [2.05, 4.69) is 20.8 Å². The summed E-state index contributed by atoms with van der Waals surface area (Å²) in [6, 6.07) is 1.49. The van der Waals surface area contributed by atoms with E-state index >= 15 is 0 Å². The van der Waals surface area contributed by atoms with E-state index in [1.807, 2.05) is 27.2 Å². The highest BCUT2D eigenvalue weighted by atomic mass is 127. The second-order valence-corrected chi connectivity index (χ2v) is 4.52. The lowest BCUT2D eigenvalue weighted by Crippen LogP contribution is -2.22. The monoisotopic (exact) mass is 267 g/mol. The Morgan fingerprint density at radius 2 is 2.00 bits per heavy atom. The van der Waals surface area contributed by atoms with Crippen LogP contribution in [0, 0.1) is 9.52 Å². The van der Waals surface area contributed by atoms with Gasteiger partial charge in [0.05, 0.1) is 0 Å². The quantitative estimate of drug-likeness (QED) is 0.637. The second kappa shape index (κ2) is 2.77. The molecule has 0 aromatic carbocycles. The van der Waals surface area contributed by atoms with Gasteiger partial charge in [-0.3, -0.25) is 0 Å². The number of nitrogens with zero attached hydrogens (tertiary/aromatic N) is 1. The Morgan fingerprint density at radius 3 is 2.18 bits per heavy atom. The van der Waals surface area contributed by atoms with Gasteiger partial charge in [0.15, 0.2) is 5.82 Å². The molecule has 62 valence electrons. The first-order valence-electron chi connectivity index (χ1n) is 3.46. The molecule has 1 heterocycles. The molecule has 1 aromatic rings. The van der Waals surface area contributed by atoms with E-state index in [4.69, 9.17) is 0 Å². The van der Waals surface area contributed by atoms with E-state index in [1.165, 1.54) is 6.07 Å². The third-order valence-corrected chi connectivity index (χ3v) is 2.54. The molecule has 0 spiro atoms. The van der Waals surface area contributed by atoms with Crippen molar-refractivity contribution in [2.45, 2.75) is 26.3 Å². The minimum absolute atomic E-state index is 0.0269. The molecule has 0 bridgehead atoms. The van der Waals surface area contributed by atoms with Gasteiger partial charge in [-0.05, 0) is 49.4 Å². The molecule has 3 heteroatoms. The largest absolute Gasteiger partial charge is 0.335 e. The molecule has 1 aromatic heterocycles. The summed E-state index contributed by atoms with van der Waals surface area (Å²) in [5, 5.41) is 0. The summed E-state index contributed by atoms with van der Waals surface area (Å²) >= 11 is 2.01. The third-order valence-electron chi connectivity index (χ3n) is 1.50. The molecule has 0 saturated carbocycles. The van der Waals surface area contributed by atoms with Gasteiger partial charge in [-0.2, -0.15) is 0 Å². The molecule has 0 atom stereocenters. The van der Waals surface area contributed by atoms with Crippen molar-refractivity contribution in [3.8, 4) is 0 Å². The van der Waals surface area contributed by atoms with Gasteiger partial charge in [0.1, 0.15) is 3.70 Å². The molecule has 0 unspecified atom stereocenters. The van der Waals surface area contributed by atoms with E-state index in [1.54, 1.807) is 6.20 Å². The molecule has 0 saturated heterocycles. The van der Waals surface area contributed by atoms with Crippen LogP contribution in [0.2, 0.25) is 0 Å². The van der Waals surface area contributed by atoms with Crippen molar-refractivity contribution in [3.63, 3.8) is 0 Å². The lowest BCUT2D eigenvalue weighted by molar-refractivity contribution is 0.385. The van der Waals surface area contributed by atoms with Crippen molar-refractivity contribution in [1.82, 2.24) is 4.57 Å². The zero-order valence-electron chi connectivity index (χ0n) is 6.86. The zero-order valence-corrected chi connectivity index (χ0v) is 9.02. The first-order valence-corrected chi connectivity index (χ1v) is 4.53. The Hall–Kier alpha value is -0.0600. The Balaban J connectivity index is 3.15. The normalized spacial score (nSPS) is 12.1. The summed E-state index contributed by atoms with van der Waals surface area (Å²) in [6.07, 6.45) is 1.77. The maximum absolute atomic E-state index is 12.8. The first-order chi connectivity index (χ1) is 4.93. The number of hydrogen-bond acceptors (Lipinski definition) is 0. The minimum atomic E-state index is -0.138. The van der Waals surface area contributed by atoms with Gasteiger partial charge in [0, 0.05) is 11.7 Å². The molecule has 0 N–H and O–H groups in total. The van der Waals surface area contributed by atoms with Crippen LogP contribution < -0.4 is 0 Å². The summed E-state index contributed by atoms with van der Waals surface area (Å²) in [6.45, 7) is 6.15. The van der Waals surface area contributed by atoms with Gasteiger partial charge in [-0.15, -0.1) is 0 Å². The molecule has 11 heavy (non-hydrogen) atoms. The standard InChI is InChI=1S/C8H11FIN/c1-8(2,3)11-5-4-6(9)7(11)10/h4-5H,1-3H3. The maximum Gasteiger partial charge on any atom is 0.154 e. The maximum atomic E-state index is 12.8. The molecular weight excluding hydrogens is 256 g/mol. The summed E-state index contributed by atoms with van der Waals surface area (Å²) in [5.41, 5.74) is -0.0269. The molecule has 1 nitrogen and oxygen atoms in total. The van der Waals surface area contributed by atoms with E-state index in [9.17, 15) is 4.39 Å². The average Bonchev–Trinajstić information content (AvgIpc) is 2.11. The van der Waals surface area contributed by atoms with Gasteiger partial charge in [-0.1, -0.05) is 0 Å². The summed E-state index contributed by atoms with van der Waals surface area (Å²) < 4.78 is 15.4. The third kappa shape index (κ3) is 1.75. The highest BCUT2D eigenvalue weighted by Gasteiger charge is 2.16. The number of rotatable bonds is 0. The Bertz CT molecular complexity index is 260. The molecule has 0 fully saturated rings. The first kappa shape index (κ1) is 9.03. The van der Waals surface area contributed by atoms with Crippen LogP contribution >= 0.6 is 22.6 Å². The second-order valence-electron chi connectivity index (χ2n) is 3.50. The van der Waals surface area contributed by atoms with Crippen molar-refractivity contribution in [1.29, 1.82) is 0 Å². The van der Waals surface area contributed by atoms with Gasteiger partial charge in [0.2, 0.25) is 0 Å². The van der Waals surface area contributed by atoms with Crippen LogP contribution in [0.25, 0.3) is 0 Å². The fourth-order valence-electron chi connectivity index (χ4n) is 0.907. The molecule has 0 aliphatic heterocycles. The number of aromatic nitrogens is 1. The lowest BCUT2D eigenvalue weighted by Gasteiger charge is -2.22. The van der Waals surface area contributed by atoms with Gasteiger partial charge >= 0.3 is 0 Å². The fraction of sp³-hybridized carbons (Fsp3) is 0.500. The van der Waals surface area contributed by atoms with Crippen LogP contribution in [0.1, 0.15) is 20.8 Å². The summed E-state index contributed by atoms with van der Waals surface area (Å²) in [4.78, 5) is 0. The average molecular weight is 267 g/mol. The Kier molecular flexibility index (Phi) is 2.27. The number of halogens is 2. The number of hydrogen-bond donors (Lipinski definition) is 0. The van der Waals surface area contributed by atoms with Crippen LogP contribution in [-0.4, -0.2) is 4.57 Å². The fourth-order valence-corrected chi connectivity index (χ4v) is 1.97. The minimum Gasteiger partial charge on any atom is -0.335 e. The van der Waals surface area contributed by atoms with Crippen molar-refractivity contribution < 1.29 is 4.39 Å². The molecule has 0 aliphatic rings. The zero-order chi connectivity index (χ0) is 8.65. The van der Waals surface area contributed by atoms with Gasteiger partial charge in [0.25, 0.3) is 0 Å². The van der Waals surface area contributed by atoms with Crippen LogP contribution in [0.4, 0.5) is 4.39 Å². The van der Waals surface area contributed by atoms with E-state index in [0.717, 1.165) is 0 Å². The van der Waals surface area contributed by atoms with Gasteiger partial charge < -0.3 is 4.57 Å². The van der Waals surface area contributed by atoms with Crippen LogP contribution in [0.3, 0.4) is 0 Å².